The zero-order valence-corrected chi connectivity index (χ0v) is 11.3. The lowest BCUT2D eigenvalue weighted by Crippen LogP contribution is -2.29. The molecule has 21 heavy (non-hydrogen) atoms. The van der Waals surface area contributed by atoms with E-state index in [1.165, 1.54) is 0 Å². The van der Waals surface area contributed by atoms with Gasteiger partial charge < -0.3 is 20.1 Å². The van der Waals surface area contributed by atoms with Crippen LogP contribution in [0.2, 0.25) is 0 Å². The highest BCUT2D eigenvalue weighted by molar-refractivity contribution is 5.91. The van der Waals surface area contributed by atoms with Gasteiger partial charge in [0.15, 0.2) is 11.5 Å². The fourth-order valence-electron chi connectivity index (χ4n) is 2.02. The molecule has 0 aliphatic carbocycles. The quantitative estimate of drug-likeness (QED) is 0.906. The first-order valence-electron chi connectivity index (χ1n) is 6.65. The molecule has 1 aromatic heterocycles. The molecule has 1 aliphatic heterocycles. The molecule has 3 rings (SSSR count). The van der Waals surface area contributed by atoms with Crippen molar-refractivity contribution >= 4 is 11.7 Å². The molecule has 0 saturated heterocycles. The van der Waals surface area contributed by atoms with E-state index in [1.54, 1.807) is 18.5 Å². The molecule has 0 bridgehead atoms. The van der Waals surface area contributed by atoms with Gasteiger partial charge in [-0.2, -0.15) is 0 Å². The van der Waals surface area contributed by atoms with Crippen molar-refractivity contribution in [1.29, 1.82) is 0 Å². The monoisotopic (exact) mass is 285 g/mol. The number of nitrogens with zero attached hydrogens (tertiary/aromatic N) is 1. The van der Waals surface area contributed by atoms with Crippen LogP contribution in [0.5, 0.6) is 11.5 Å². The number of pyridine rings is 1. The lowest BCUT2D eigenvalue weighted by molar-refractivity contribution is 0.172. The number of fused-ring (bicyclic) bond motifs is 1. The highest BCUT2D eigenvalue weighted by Crippen LogP contribution is 2.37. The standard InChI is InChI=1S/C15H15N3O3/c19-15(17-10-11-3-2-6-16-9-11)18-12-4-1-5-13-14(12)21-8-7-20-13/h1-6,9H,7-8,10H2,(H2,17,18,19). The number of anilines is 1. The van der Waals surface area contributed by atoms with Crippen LogP contribution in [0.3, 0.4) is 0 Å². The Morgan fingerprint density at radius 3 is 2.95 bits per heavy atom. The number of hydrogen-bond acceptors (Lipinski definition) is 4. The van der Waals surface area contributed by atoms with Crippen LogP contribution in [-0.2, 0) is 6.54 Å². The molecule has 0 saturated carbocycles. The van der Waals surface area contributed by atoms with Gasteiger partial charge in [-0.1, -0.05) is 12.1 Å². The van der Waals surface area contributed by atoms with Crippen LogP contribution >= 0.6 is 0 Å². The van der Waals surface area contributed by atoms with Gasteiger partial charge in [0.05, 0.1) is 5.69 Å². The summed E-state index contributed by atoms with van der Waals surface area (Å²) in [5, 5.41) is 5.53. The molecular formula is C15H15N3O3. The number of nitrogens with one attached hydrogen (secondary N) is 2. The molecule has 6 nitrogen and oxygen atoms in total. The second-order valence-electron chi connectivity index (χ2n) is 4.50. The number of para-hydroxylation sites is 1. The van der Waals surface area contributed by atoms with Crippen LogP contribution in [-0.4, -0.2) is 24.2 Å². The molecule has 6 heteroatoms. The SMILES string of the molecule is O=C(NCc1cccnc1)Nc1cccc2c1OCCO2. The van der Waals surface area contributed by atoms with E-state index in [2.05, 4.69) is 15.6 Å². The number of carbonyl (C=O) groups excluding carboxylic acids is 1. The molecular weight excluding hydrogens is 270 g/mol. The summed E-state index contributed by atoms with van der Waals surface area (Å²) in [5.41, 5.74) is 1.53. The number of hydrogen-bond donors (Lipinski definition) is 2. The molecule has 2 heterocycles. The number of amides is 2. The van der Waals surface area contributed by atoms with E-state index in [1.807, 2.05) is 24.3 Å². The van der Waals surface area contributed by atoms with Crippen molar-refractivity contribution in [3.05, 3.63) is 48.3 Å². The number of ether oxygens (including phenoxy) is 2. The van der Waals surface area contributed by atoms with Crippen molar-refractivity contribution in [3.8, 4) is 11.5 Å². The maximum atomic E-state index is 11.9. The Bertz CT molecular complexity index is 631. The number of carbonyl (C=O) groups is 1. The summed E-state index contributed by atoms with van der Waals surface area (Å²) < 4.78 is 11.0. The van der Waals surface area contributed by atoms with Crippen LogP contribution in [0.4, 0.5) is 10.5 Å². The van der Waals surface area contributed by atoms with Crippen molar-refractivity contribution in [1.82, 2.24) is 10.3 Å². The van der Waals surface area contributed by atoms with Crippen LogP contribution in [0.25, 0.3) is 0 Å². The van der Waals surface area contributed by atoms with Crippen LogP contribution in [0.15, 0.2) is 42.7 Å². The first-order chi connectivity index (χ1) is 10.3. The van der Waals surface area contributed by atoms with Gasteiger partial charge in [-0.3, -0.25) is 4.98 Å². The summed E-state index contributed by atoms with van der Waals surface area (Å²) in [6.45, 7) is 1.40. The molecule has 0 atom stereocenters. The minimum absolute atomic E-state index is 0.304. The third-order valence-electron chi connectivity index (χ3n) is 2.99. The topological polar surface area (TPSA) is 72.5 Å². The minimum atomic E-state index is -0.304. The molecule has 1 aliphatic rings. The number of benzene rings is 1. The van der Waals surface area contributed by atoms with Crippen molar-refractivity contribution < 1.29 is 14.3 Å². The molecule has 0 radical (unpaired) electrons. The molecule has 2 N–H and O–H groups in total. The summed E-state index contributed by atoms with van der Waals surface area (Å²) >= 11 is 0. The van der Waals surface area contributed by atoms with E-state index in [0.29, 0.717) is 36.9 Å². The van der Waals surface area contributed by atoms with E-state index >= 15 is 0 Å². The summed E-state index contributed by atoms with van der Waals surface area (Å²) in [6, 6.07) is 8.82. The van der Waals surface area contributed by atoms with Gasteiger partial charge in [0.2, 0.25) is 0 Å². The molecule has 0 unspecified atom stereocenters. The van der Waals surface area contributed by atoms with E-state index in [-0.39, 0.29) is 6.03 Å². The van der Waals surface area contributed by atoms with Crippen molar-refractivity contribution in [2.75, 3.05) is 18.5 Å². The Morgan fingerprint density at radius 1 is 1.19 bits per heavy atom. The van der Waals surface area contributed by atoms with Crippen molar-refractivity contribution in [2.45, 2.75) is 6.54 Å². The molecule has 0 fully saturated rings. The normalized spacial score (nSPS) is 12.6. The Hall–Kier alpha value is -2.76. The third kappa shape index (κ3) is 3.22. The minimum Gasteiger partial charge on any atom is -0.486 e. The Morgan fingerprint density at radius 2 is 2.10 bits per heavy atom. The lowest BCUT2D eigenvalue weighted by Gasteiger charge is -2.21. The van der Waals surface area contributed by atoms with Gasteiger partial charge in [0, 0.05) is 18.9 Å². The summed E-state index contributed by atoms with van der Waals surface area (Å²) in [6.07, 6.45) is 3.40. The fourth-order valence-corrected chi connectivity index (χ4v) is 2.02. The summed E-state index contributed by atoms with van der Waals surface area (Å²) in [7, 11) is 0. The van der Waals surface area contributed by atoms with Crippen LogP contribution in [0.1, 0.15) is 5.56 Å². The molecule has 0 spiro atoms. The molecule has 1 aromatic carbocycles. The summed E-state index contributed by atoms with van der Waals surface area (Å²) in [4.78, 5) is 15.9. The van der Waals surface area contributed by atoms with Gasteiger partial charge in [-0.05, 0) is 23.8 Å². The average molecular weight is 285 g/mol. The van der Waals surface area contributed by atoms with E-state index in [4.69, 9.17) is 9.47 Å². The Labute approximate surface area is 122 Å². The van der Waals surface area contributed by atoms with Crippen LogP contribution < -0.4 is 20.1 Å². The zero-order chi connectivity index (χ0) is 14.5. The number of rotatable bonds is 3. The zero-order valence-electron chi connectivity index (χ0n) is 11.3. The predicted octanol–water partition coefficient (Wildman–Crippen LogP) is 2.17. The smallest absolute Gasteiger partial charge is 0.319 e. The largest absolute Gasteiger partial charge is 0.486 e. The molecule has 2 amide bonds. The van der Waals surface area contributed by atoms with Gasteiger partial charge in [-0.15, -0.1) is 0 Å². The highest BCUT2D eigenvalue weighted by Gasteiger charge is 2.16. The highest BCUT2D eigenvalue weighted by atomic mass is 16.6. The second kappa shape index (κ2) is 6.13. The third-order valence-corrected chi connectivity index (χ3v) is 2.99. The van der Waals surface area contributed by atoms with Crippen LogP contribution in [0, 0.1) is 0 Å². The van der Waals surface area contributed by atoms with Crippen molar-refractivity contribution in [3.63, 3.8) is 0 Å². The summed E-state index contributed by atoms with van der Waals surface area (Å²) in [5.74, 6) is 1.21. The maximum absolute atomic E-state index is 11.9. The first kappa shape index (κ1) is 13.2. The van der Waals surface area contributed by atoms with Crippen molar-refractivity contribution in [2.24, 2.45) is 0 Å². The molecule has 108 valence electrons. The van der Waals surface area contributed by atoms with Gasteiger partial charge in [0.1, 0.15) is 13.2 Å². The van der Waals surface area contributed by atoms with Gasteiger partial charge in [0.25, 0.3) is 0 Å². The van der Waals surface area contributed by atoms with E-state index < -0.39 is 0 Å². The first-order valence-corrected chi connectivity index (χ1v) is 6.65. The Balaban J connectivity index is 1.63. The van der Waals surface area contributed by atoms with E-state index in [9.17, 15) is 4.79 Å². The molecule has 2 aromatic rings. The number of urea groups is 1. The second-order valence-corrected chi connectivity index (χ2v) is 4.50. The predicted molar refractivity (Wildman–Crippen MR) is 77.5 cm³/mol. The maximum Gasteiger partial charge on any atom is 0.319 e. The van der Waals surface area contributed by atoms with Gasteiger partial charge >= 0.3 is 6.03 Å². The average Bonchev–Trinajstić information content (AvgIpc) is 2.54. The fraction of sp³-hybridized carbons (Fsp3) is 0.200. The Kier molecular flexibility index (Phi) is 3.86. The number of aromatic nitrogens is 1. The van der Waals surface area contributed by atoms with E-state index in [0.717, 1.165) is 5.56 Å². The lowest BCUT2D eigenvalue weighted by atomic mass is 10.2. The van der Waals surface area contributed by atoms with Gasteiger partial charge in [-0.25, -0.2) is 4.79 Å².